The standard InChI is InChI=1S/C12H10.2Li/c1-3-7-11(8-4-1)12-9-5-2-6-10-12;;/h1-10H;;. The van der Waals surface area contributed by atoms with Crippen LogP contribution < -0.4 is 0 Å². The van der Waals surface area contributed by atoms with E-state index in [1.165, 1.54) is 11.1 Å². The normalized spacial score (nSPS) is 8.29. The van der Waals surface area contributed by atoms with Crippen LogP contribution in [-0.4, -0.2) is 37.7 Å². The van der Waals surface area contributed by atoms with E-state index in [9.17, 15) is 0 Å². The molecule has 0 aromatic heterocycles. The molecule has 0 heterocycles. The third-order valence-corrected chi connectivity index (χ3v) is 1.88. The minimum Gasteiger partial charge on any atom is -0.0622 e. The Labute approximate surface area is 109 Å². The Bertz CT molecular complexity index is 306. The molecule has 0 bridgehead atoms. The van der Waals surface area contributed by atoms with Gasteiger partial charge in [0.05, 0.1) is 0 Å². The van der Waals surface area contributed by atoms with Crippen molar-refractivity contribution in [3.05, 3.63) is 60.7 Å². The Hall–Kier alpha value is -0.365. The molecular formula is C12H10Li2. The van der Waals surface area contributed by atoms with E-state index in [2.05, 4.69) is 48.5 Å². The fourth-order valence-electron chi connectivity index (χ4n) is 1.26. The molecule has 0 aliphatic heterocycles. The molecule has 0 saturated heterocycles. The summed E-state index contributed by atoms with van der Waals surface area (Å²) in [5.41, 5.74) is 2.55. The Morgan fingerprint density at radius 3 is 1.00 bits per heavy atom. The monoisotopic (exact) mass is 168 g/mol. The van der Waals surface area contributed by atoms with Gasteiger partial charge in [-0.2, -0.15) is 0 Å². The van der Waals surface area contributed by atoms with Crippen molar-refractivity contribution in [1.82, 2.24) is 0 Å². The van der Waals surface area contributed by atoms with Crippen LogP contribution in [0, 0.1) is 0 Å². The van der Waals surface area contributed by atoms with Crippen molar-refractivity contribution in [2.75, 3.05) is 0 Å². The molecule has 0 aliphatic rings. The van der Waals surface area contributed by atoms with Gasteiger partial charge in [0, 0.05) is 37.7 Å². The summed E-state index contributed by atoms with van der Waals surface area (Å²) < 4.78 is 0. The topological polar surface area (TPSA) is 0 Å². The molecule has 2 aromatic rings. The molecule has 0 spiro atoms. The van der Waals surface area contributed by atoms with Gasteiger partial charge in [0.25, 0.3) is 0 Å². The van der Waals surface area contributed by atoms with E-state index < -0.39 is 0 Å². The summed E-state index contributed by atoms with van der Waals surface area (Å²) in [7, 11) is 0. The number of benzene rings is 2. The first-order valence-electron chi connectivity index (χ1n) is 4.07. The Morgan fingerprint density at radius 2 is 0.714 bits per heavy atom. The molecule has 0 unspecified atom stereocenters. The molecule has 60 valence electrons. The molecule has 0 N–H and O–H groups in total. The van der Waals surface area contributed by atoms with Gasteiger partial charge in [-0.15, -0.1) is 0 Å². The Kier molecular flexibility index (Phi) is 6.81. The minimum atomic E-state index is 0. The predicted molar refractivity (Wildman–Crippen MR) is 63.4 cm³/mol. The second-order valence-corrected chi connectivity index (χ2v) is 2.73. The van der Waals surface area contributed by atoms with Gasteiger partial charge in [-0.25, -0.2) is 0 Å². The van der Waals surface area contributed by atoms with Crippen LogP contribution in [0.5, 0.6) is 0 Å². The van der Waals surface area contributed by atoms with Crippen molar-refractivity contribution in [2.24, 2.45) is 0 Å². The summed E-state index contributed by atoms with van der Waals surface area (Å²) in [6.45, 7) is 0. The maximum Gasteiger partial charge on any atom is 0 e. The third-order valence-electron chi connectivity index (χ3n) is 1.88. The third kappa shape index (κ3) is 3.41. The van der Waals surface area contributed by atoms with Gasteiger partial charge in [0.2, 0.25) is 0 Å². The molecule has 2 heteroatoms. The van der Waals surface area contributed by atoms with Gasteiger partial charge in [0.1, 0.15) is 0 Å². The summed E-state index contributed by atoms with van der Waals surface area (Å²) in [6, 6.07) is 20.8. The molecule has 14 heavy (non-hydrogen) atoms. The summed E-state index contributed by atoms with van der Waals surface area (Å²) in [5.74, 6) is 0. The first-order valence-corrected chi connectivity index (χ1v) is 4.07. The first-order chi connectivity index (χ1) is 5.97. The molecule has 2 radical (unpaired) electrons. The van der Waals surface area contributed by atoms with E-state index in [1.54, 1.807) is 0 Å². The van der Waals surface area contributed by atoms with Gasteiger partial charge < -0.3 is 0 Å². The van der Waals surface area contributed by atoms with Crippen LogP contribution in [0.2, 0.25) is 0 Å². The molecule has 2 aromatic carbocycles. The van der Waals surface area contributed by atoms with E-state index in [0.29, 0.717) is 0 Å². The van der Waals surface area contributed by atoms with Crippen molar-refractivity contribution < 1.29 is 0 Å². The first kappa shape index (κ1) is 13.6. The minimum absolute atomic E-state index is 0. The fraction of sp³-hybridized carbons (Fsp3) is 0. The molecule has 0 fully saturated rings. The van der Waals surface area contributed by atoms with E-state index in [0.717, 1.165) is 0 Å². The van der Waals surface area contributed by atoms with Crippen LogP contribution in [0.15, 0.2) is 60.7 Å². The van der Waals surface area contributed by atoms with Gasteiger partial charge >= 0.3 is 0 Å². The quantitative estimate of drug-likeness (QED) is 0.574. The van der Waals surface area contributed by atoms with E-state index in [1.807, 2.05) is 12.1 Å². The van der Waals surface area contributed by atoms with Gasteiger partial charge in [0.15, 0.2) is 0 Å². The maximum absolute atomic E-state index is 2.12. The summed E-state index contributed by atoms with van der Waals surface area (Å²) in [5, 5.41) is 0. The van der Waals surface area contributed by atoms with Gasteiger partial charge in [-0.1, -0.05) is 60.7 Å². The molecule has 0 amide bonds. The molecule has 0 saturated carbocycles. The van der Waals surface area contributed by atoms with Crippen LogP contribution in [0.1, 0.15) is 0 Å². The zero-order valence-corrected chi connectivity index (χ0v) is 8.77. The van der Waals surface area contributed by atoms with Crippen LogP contribution in [0.4, 0.5) is 0 Å². The smallest absolute Gasteiger partial charge is 0 e. The van der Waals surface area contributed by atoms with Crippen molar-refractivity contribution in [2.45, 2.75) is 0 Å². The zero-order valence-electron chi connectivity index (χ0n) is 8.77. The van der Waals surface area contributed by atoms with E-state index in [-0.39, 0.29) is 37.7 Å². The largest absolute Gasteiger partial charge is 0.0622 e. The van der Waals surface area contributed by atoms with Gasteiger partial charge in [-0.3, -0.25) is 0 Å². The van der Waals surface area contributed by atoms with Crippen LogP contribution >= 0.6 is 0 Å². The van der Waals surface area contributed by atoms with Crippen LogP contribution in [-0.2, 0) is 0 Å². The van der Waals surface area contributed by atoms with Crippen molar-refractivity contribution >= 4 is 37.7 Å². The fourth-order valence-corrected chi connectivity index (χ4v) is 1.26. The van der Waals surface area contributed by atoms with Crippen LogP contribution in [0.25, 0.3) is 11.1 Å². The van der Waals surface area contributed by atoms with Crippen molar-refractivity contribution in [3.8, 4) is 11.1 Å². The second-order valence-electron chi connectivity index (χ2n) is 2.73. The number of hydrogen-bond acceptors (Lipinski definition) is 0. The molecule has 0 atom stereocenters. The molecule has 0 nitrogen and oxygen atoms in total. The average Bonchev–Trinajstić information content (AvgIpc) is 2.21. The average molecular weight is 168 g/mol. The summed E-state index contributed by atoms with van der Waals surface area (Å²) in [4.78, 5) is 0. The number of hydrogen-bond donors (Lipinski definition) is 0. The second kappa shape index (κ2) is 7.00. The number of rotatable bonds is 1. The molecule has 2 rings (SSSR count). The van der Waals surface area contributed by atoms with Crippen molar-refractivity contribution in [3.63, 3.8) is 0 Å². The Morgan fingerprint density at radius 1 is 0.429 bits per heavy atom. The SMILES string of the molecule is [Li].[Li].c1ccc(-c2ccccc2)cc1. The predicted octanol–water partition coefficient (Wildman–Crippen LogP) is 2.59. The zero-order chi connectivity index (χ0) is 8.23. The Balaban J connectivity index is 0.000000845. The van der Waals surface area contributed by atoms with E-state index in [4.69, 9.17) is 0 Å². The molecular weight excluding hydrogens is 158 g/mol. The summed E-state index contributed by atoms with van der Waals surface area (Å²) in [6.07, 6.45) is 0. The maximum atomic E-state index is 2.12. The molecule has 0 aliphatic carbocycles. The van der Waals surface area contributed by atoms with Gasteiger partial charge in [-0.05, 0) is 11.1 Å². The van der Waals surface area contributed by atoms with Crippen molar-refractivity contribution in [1.29, 1.82) is 0 Å². The summed E-state index contributed by atoms with van der Waals surface area (Å²) >= 11 is 0. The van der Waals surface area contributed by atoms with E-state index >= 15 is 0 Å². The van der Waals surface area contributed by atoms with Crippen LogP contribution in [0.3, 0.4) is 0 Å².